The van der Waals surface area contributed by atoms with E-state index in [0.29, 0.717) is 0 Å². The zero-order valence-corrected chi connectivity index (χ0v) is 34.5. The molecule has 0 N–H and O–H groups in total. The highest BCUT2D eigenvalue weighted by Crippen LogP contribution is 2.69. The lowest BCUT2D eigenvalue weighted by Crippen LogP contribution is -2.55. The normalized spacial score (nSPS) is 23.4. The summed E-state index contributed by atoms with van der Waals surface area (Å²) < 4.78 is 0. The van der Waals surface area contributed by atoms with Crippen molar-refractivity contribution in [3.05, 3.63) is 198 Å². The fourth-order valence-corrected chi connectivity index (χ4v) is 13.7. The predicted octanol–water partition coefficient (Wildman–Crippen LogP) is 15.7. The molecule has 4 saturated carbocycles. The summed E-state index contributed by atoms with van der Waals surface area (Å²) in [6.07, 6.45) is 7.15. The summed E-state index contributed by atoms with van der Waals surface area (Å²) in [5.74, 6) is 3.46. The van der Waals surface area contributed by atoms with Crippen LogP contribution in [0.2, 0.25) is 0 Å². The molecule has 14 rings (SSSR count). The number of fused-ring (bicyclic) bond motifs is 7. The van der Waals surface area contributed by atoms with Gasteiger partial charge in [0.1, 0.15) is 0 Å². The molecule has 0 atom stereocenters. The third kappa shape index (κ3) is 4.75. The second-order valence-corrected chi connectivity index (χ2v) is 19.3. The third-order valence-corrected chi connectivity index (χ3v) is 16.1. The molecule has 8 aromatic carbocycles. The van der Waals surface area contributed by atoms with E-state index in [9.17, 15) is 0 Å². The van der Waals surface area contributed by atoms with Crippen molar-refractivity contribution in [1.82, 2.24) is 0 Å². The molecular weight excluding hydrogens is 723 g/mol. The van der Waals surface area contributed by atoms with E-state index in [1.54, 1.807) is 11.1 Å². The van der Waals surface area contributed by atoms with Gasteiger partial charge in [-0.3, -0.25) is 0 Å². The van der Waals surface area contributed by atoms with Crippen LogP contribution in [0, 0.1) is 23.7 Å². The second kappa shape index (κ2) is 12.7. The van der Waals surface area contributed by atoms with E-state index in [2.05, 4.69) is 195 Å². The summed E-state index contributed by atoms with van der Waals surface area (Å²) in [5.41, 5.74) is 20.4. The number of benzene rings is 8. The maximum Gasteiger partial charge on any atom is 0.0540 e. The van der Waals surface area contributed by atoms with Gasteiger partial charge >= 0.3 is 0 Å². The Balaban J connectivity index is 0.941. The van der Waals surface area contributed by atoms with Gasteiger partial charge in [0.15, 0.2) is 0 Å². The standard InChI is InChI=1S/C59H49N/c1-58(2)53-18-10-8-15-48(53)50-26-25-45(36-56(50)58)60(57-29-27-46(40-12-4-3-5-13-40)47-14-6-7-17-51(47)57)44-23-20-39(21-24-44)41-22-28-55-52(35-41)49-16-9-11-19-54(49)59(55)42-31-37-30-38(33-42)34-43(59)32-37/h3-29,35-38,42-43H,30-34H2,1-2H3. The lowest BCUT2D eigenvalue weighted by Gasteiger charge is -2.61. The zero-order valence-electron chi connectivity index (χ0n) is 34.5. The van der Waals surface area contributed by atoms with Crippen molar-refractivity contribution >= 4 is 27.8 Å². The van der Waals surface area contributed by atoms with Crippen LogP contribution in [0.4, 0.5) is 17.1 Å². The lowest BCUT2D eigenvalue weighted by molar-refractivity contribution is -0.0399. The zero-order chi connectivity index (χ0) is 39.7. The van der Waals surface area contributed by atoms with Crippen molar-refractivity contribution in [2.24, 2.45) is 23.7 Å². The molecule has 4 bridgehead atoms. The van der Waals surface area contributed by atoms with Gasteiger partial charge in [0, 0.05) is 27.6 Å². The smallest absolute Gasteiger partial charge is 0.0540 e. The first-order valence-electron chi connectivity index (χ1n) is 22.4. The summed E-state index contributed by atoms with van der Waals surface area (Å²) in [5, 5.41) is 2.49. The van der Waals surface area contributed by atoms with Crippen LogP contribution >= 0.6 is 0 Å². The molecule has 4 fully saturated rings. The van der Waals surface area contributed by atoms with Crippen LogP contribution in [0.25, 0.3) is 55.3 Å². The molecule has 0 unspecified atom stereocenters. The average Bonchev–Trinajstić information content (AvgIpc) is 3.71. The highest BCUT2D eigenvalue weighted by Gasteiger charge is 2.61. The van der Waals surface area contributed by atoms with Crippen molar-refractivity contribution < 1.29 is 0 Å². The number of hydrogen-bond acceptors (Lipinski definition) is 1. The van der Waals surface area contributed by atoms with Crippen molar-refractivity contribution in [3.63, 3.8) is 0 Å². The van der Waals surface area contributed by atoms with Crippen molar-refractivity contribution in [2.75, 3.05) is 4.90 Å². The number of rotatable bonds is 5. The maximum absolute atomic E-state index is 2.55. The molecular formula is C59H49N. The van der Waals surface area contributed by atoms with Gasteiger partial charge in [-0.2, -0.15) is 0 Å². The Morgan fingerprint density at radius 2 is 0.950 bits per heavy atom. The average molecular weight is 772 g/mol. The number of nitrogens with zero attached hydrogens (tertiary/aromatic N) is 1. The Labute approximate surface area is 354 Å². The minimum atomic E-state index is -0.0991. The third-order valence-electron chi connectivity index (χ3n) is 16.1. The van der Waals surface area contributed by atoms with Crippen LogP contribution in [-0.4, -0.2) is 0 Å². The van der Waals surface area contributed by atoms with E-state index in [4.69, 9.17) is 0 Å². The Bertz CT molecular complexity index is 2990. The van der Waals surface area contributed by atoms with Gasteiger partial charge in [0.2, 0.25) is 0 Å². The molecule has 0 heterocycles. The first-order valence-corrected chi connectivity index (χ1v) is 22.4. The summed E-state index contributed by atoms with van der Waals surface area (Å²) >= 11 is 0. The molecule has 1 nitrogen and oxygen atoms in total. The lowest BCUT2D eigenvalue weighted by atomic mass is 9.43. The van der Waals surface area contributed by atoms with Crippen molar-refractivity contribution in [1.29, 1.82) is 0 Å². The Kier molecular flexibility index (Phi) is 7.32. The quantitative estimate of drug-likeness (QED) is 0.168. The molecule has 290 valence electrons. The molecule has 0 radical (unpaired) electrons. The highest BCUT2D eigenvalue weighted by molar-refractivity contribution is 6.06. The number of anilines is 3. The topological polar surface area (TPSA) is 3.24 Å². The molecule has 60 heavy (non-hydrogen) atoms. The van der Waals surface area contributed by atoms with E-state index in [1.807, 2.05) is 0 Å². The van der Waals surface area contributed by atoms with Crippen LogP contribution < -0.4 is 4.90 Å². The van der Waals surface area contributed by atoms with E-state index < -0.39 is 0 Å². The second-order valence-electron chi connectivity index (χ2n) is 19.3. The molecule has 0 aromatic heterocycles. The van der Waals surface area contributed by atoms with Gasteiger partial charge in [-0.15, -0.1) is 0 Å². The van der Waals surface area contributed by atoms with Crippen molar-refractivity contribution in [2.45, 2.75) is 56.8 Å². The van der Waals surface area contributed by atoms with Gasteiger partial charge < -0.3 is 4.90 Å². The maximum atomic E-state index is 2.55. The molecule has 0 amide bonds. The van der Waals surface area contributed by atoms with Crippen LogP contribution in [0.15, 0.2) is 176 Å². The van der Waals surface area contributed by atoms with Gasteiger partial charge in [-0.05, 0) is 164 Å². The van der Waals surface area contributed by atoms with Gasteiger partial charge in [-0.1, -0.05) is 153 Å². The van der Waals surface area contributed by atoms with Crippen LogP contribution in [0.1, 0.15) is 68.2 Å². The monoisotopic (exact) mass is 771 g/mol. The molecule has 1 heteroatoms. The Morgan fingerprint density at radius 1 is 0.383 bits per heavy atom. The molecule has 1 spiro atoms. The summed E-state index contributed by atoms with van der Waals surface area (Å²) in [6, 6.07) is 67.0. The van der Waals surface area contributed by atoms with Crippen LogP contribution in [0.5, 0.6) is 0 Å². The SMILES string of the molecule is CC1(C)c2ccccc2-c2ccc(N(c3ccc(-c4ccc5c(c4)-c4ccccc4C54C5CC6CC(C5)CC4C6)cc3)c3ccc(-c4ccccc4)c4ccccc34)cc21. The fourth-order valence-electron chi connectivity index (χ4n) is 13.7. The van der Waals surface area contributed by atoms with E-state index >= 15 is 0 Å². The van der Waals surface area contributed by atoms with Gasteiger partial charge in [0.05, 0.1) is 5.69 Å². The van der Waals surface area contributed by atoms with Crippen LogP contribution in [-0.2, 0) is 10.8 Å². The minimum absolute atomic E-state index is 0.0991. The molecule has 6 aliphatic rings. The molecule has 8 aromatic rings. The van der Waals surface area contributed by atoms with E-state index in [-0.39, 0.29) is 10.8 Å². The number of hydrogen-bond donors (Lipinski definition) is 0. The first-order chi connectivity index (χ1) is 29.5. The largest absolute Gasteiger partial charge is 0.310 e. The van der Waals surface area contributed by atoms with Crippen molar-refractivity contribution in [3.8, 4) is 44.5 Å². The Morgan fingerprint density at radius 3 is 1.70 bits per heavy atom. The van der Waals surface area contributed by atoms with Crippen LogP contribution in [0.3, 0.4) is 0 Å². The fraction of sp³-hybridized carbons (Fsp3) is 0.220. The summed E-state index contributed by atoms with van der Waals surface area (Å²) in [6.45, 7) is 4.76. The first kappa shape index (κ1) is 34.7. The Hall–Kier alpha value is -6.18. The minimum Gasteiger partial charge on any atom is -0.310 e. The predicted molar refractivity (Wildman–Crippen MR) is 250 cm³/mol. The van der Waals surface area contributed by atoms with Gasteiger partial charge in [0.25, 0.3) is 0 Å². The molecule has 0 aliphatic heterocycles. The summed E-state index contributed by atoms with van der Waals surface area (Å²) in [7, 11) is 0. The van der Waals surface area contributed by atoms with E-state index in [0.717, 1.165) is 29.4 Å². The van der Waals surface area contributed by atoms with Gasteiger partial charge in [-0.25, -0.2) is 0 Å². The van der Waals surface area contributed by atoms with E-state index in [1.165, 1.54) is 110 Å². The molecule has 0 saturated heterocycles. The molecule has 6 aliphatic carbocycles. The summed E-state index contributed by atoms with van der Waals surface area (Å²) in [4.78, 5) is 2.50. The highest BCUT2D eigenvalue weighted by atomic mass is 15.1.